The largest absolute Gasteiger partial charge is 0.495 e. The topological polar surface area (TPSA) is 59.9 Å². The fraction of sp³-hybridized carbons (Fsp3) is 0.176. The number of rotatable bonds is 4. The number of halogens is 1. The summed E-state index contributed by atoms with van der Waals surface area (Å²) in [5.41, 5.74) is 2.20. The minimum absolute atomic E-state index is 0.291. The molecule has 0 radical (unpaired) electrons. The highest BCUT2D eigenvalue weighted by Gasteiger charge is 2.29. The predicted octanol–water partition coefficient (Wildman–Crippen LogP) is 3.48. The van der Waals surface area contributed by atoms with E-state index in [2.05, 4.69) is 10.5 Å². The second-order valence-corrected chi connectivity index (χ2v) is 5.47. The van der Waals surface area contributed by atoms with Crippen LogP contribution in [0, 0.1) is 0 Å². The van der Waals surface area contributed by atoms with Crippen LogP contribution in [0.1, 0.15) is 12.0 Å². The van der Waals surface area contributed by atoms with Gasteiger partial charge in [0.2, 0.25) is 6.10 Å². The molecule has 0 spiro atoms. The van der Waals surface area contributed by atoms with Crippen molar-refractivity contribution in [3.05, 3.63) is 59.1 Å². The van der Waals surface area contributed by atoms with E-state index in [1.165, 1.54) is 7.11 Å². The zero-order valence-electron chi connectivity index (χ0n) is 12.5. The van der Waals surface area contributed by atoms with Crippen molar-refractivity contribution in [2.45, 2.75) is 12.5 Å². The molecule has 0 saturated heterocycles. The van der Waals surface area contributed by atoms with Crippen molar-refractivity contribution in [3.8, 4) is 5.75 Å². The van der Waals surface area contributed by atoms with Gasteiger partial charge in [0, 0.05) is 11.4 Å². The Morgan fingerprint density at radius 1 is 1.30 bits per heavy atom. The van der Waals surface area contributed by atoms with Crippen LogP contribution in [0.2, 0.25) is 5.02 Å². The number of carbonyl (C=O) groups is 1. The quantitative estimate of drug-likeness (QED) is 0.933. The maximum atomic E-state index is 12.4. The summed E-state index contributed by atoms with van der Waals surface area (Å²) in [7, 11) is 1.53. The molecule has 118 valence electrons. The number of benzene rings is 2. The van der Waals surface area contributed by atoms with Crippen molar-refractivity contribution >= 4 is 28.9 Å². The first-order valence-electron chi connectivity index (χ1n) is 7.10. The third kappa shape index (κ3) is 3.46. The lowest BCUT2D eigenvalue weighted by Crippen LogP contribution is -2.28. The lowest BCUT2D eigenvalue weighted by molar-refractivity contribution is -0.125. The molecule has 0 aliphatic carbocycles. The van der Waals surface area contributed by atoms with Gasteiger partial charge in [-0.2, -0.15) is 0 Å². The van der Waals surface area contributed by atoms with Crippen molar-refractivity contribution in [2.75, 3.05) is 12.4 Å². The standard InChI is InChI=1S/C17H15ClN2O3/c1-22-15-8-7-12(18)9-14(15)19-17(21)16-10-13(20-23-16)11-5-3-2-4-6-11/h2-9,16H,10H2,1H3,(H,19,21). The molecule has 1 unspecified atom stereocenters. The van der Waals surface area contributed by atoms with Crippen LogP contribution < -0.4 is 10.1 Å². The maximum Gasteiger partial charge on any atom is 0.268 e. The van der Waals surface area contributed by atoms with Crippen LogP contribution in [0.15, 0.2) is 53.7 Å². The highest BCUT2D eigenvalue weighted by atomic mass is 35.5. The molecule has 0 bridgehead atoms. The Balaban J connectivity index is 1.68. The Kier molecular flexibility index (Phi) is 4.48. The molecule has 5 nitrogen and oxygen atoms in total. The minimum Gasteiger partial charge on any atom is -0.495 e. The summed E-state index contributed by atoms with van der Waals surface area (Å²) in [4.78, 5) is 17.6. The second-order valence-electron chi connectivity index (χ2n) is 5.04. The van der Waals surface area contributed by atoms with Crippen molar-refractivity contribution < 1.29 is 14.4 Å². The summed E-state index contributed by atoms with van der Waals surface area (Å²) in [6, 6.07) is 14.6. The zero-order chi connectivity index (χ0) is 16.2. The Morgan fingerprint density at radius 3 is 2.83 bits per heavy atom. The number of amides is 1. The lowest BCUT2D eigenvalue weighted by atomic mass is 10.0. The van der Waals surface area contributed by atoms with Crippen LogP contribution in [0.5, 0.6) is 5.75 Å². The Hall–Kier alpha value is -2.53. The fourth-order valence-electron chi connectivity index (χ4n) is 2.31. The SMILES string of the molecule is COc1ccc(Cl)cc1NC(=O)C1CC(c2ccccc2)=NO1. The van der Waals surface area contributed by atoms with E-state index >= 15 is 0 Å². The van der Waals surface area contributed by atoms with Crippen molar-refractivity contribution in [3.63, 3.8) is 0 Å². The molecule has 23 heavy (non-hydrogen) atoms. The lowest BCUT2D eigenvalue weighted by Gasteiger charge is -2.12. The van der Waals surface area contributed by atoms with Gasteiger partial charge in [0.15, 0.2) is 0 Å². The van der Waals surface area contributed by atoms with Crippen LogP contribution >= 0.6 is 11.6 Å². The molecular weight excluding hydrogens is 316 g/mol. The summed E-state index contributed by atoms with van der Waals surface area (Å²) in [5, 5.41) is 7.29. The highest BCUT2D eigenvalue weighted by Crippen LogP contribution is 2.28. The van der Waals surface area contributed by atoms with E-state index in [4.69, 9.17) is 21.2 Å². The van der Waals surface area contributed by atoms with Gasteiger partial charge in [-0.25, -0.2) is 0 Å². The molecule has 0 aromatic heterocycles. The first kappa shape index (κ1) is 15.4. The zero-order valence-corrected chi connectivity index (χ0v) is 13.2. The third-order valence-corrected chi connectivity index (χ3v) is 3.72. The van der Waals surface area contributed by atoms with Crippen LogP contribution in [-0.4, -0.2) is 24.8 Å². The Labute approximate surface area is 138 Å². The maximum absolute atomic E-state index is 12.4. The summed E-state index contributed by atoms with van der Waals surface area (Å²) in [5.74, 6) is 0.241. The predicted molar refractivity (Wildman–Crippen MR) is 89.1 cm³/mol. The van der Waals surface area contributed by atoms with E-state index in [9.17, 15) is 4.79 Å². The molecule has 3 rings (SSSR count). The average molecular weight is 331 g/mol. The third-order valence-electron chi connectivity index (χ3n) is 3.49. The van der Waals surface area contributed by atoms with Crippen LogP contribution in [0.4, 0.5) is 5.69 Å². The van der Waals surface area contributed by atoms with Crippen molar-refractivity contribution in [2.24, 2.45) is 5.16 Å². The van der Waals surface area contributed by atoms with Crippen molar-refractivity contribution in [1.29, 1.82) is 0 Å². The molecule has 1 amide bonds. The highest BCUT2D eigenvalue weighted by molar-refractivity contribution is 6.31. The number of methoxy groups -OCH3 is 1. The number of hydrogen-bond donors (Lipinski definition) is 1. The molecule has 1 heterocycles. The van der Waals surface area contributed by atoms with Gasteiger partial charge in [-0.3, -0.25) is 4.79 Å². The Morgan fingerprint density at radius 2 is 2.09 bits per heavy atom. The van der Waals surface area contributed by atoms with Crippen LogP contribution in [0.25, 0.3) is 0 Å². The van der Waals surface area contributed by atoms with Gasteiger partial charge < -0.3 is 14.9 Å². The number of nitrogens with one attached hydrogen (secondary N) is 1. The molecule has 1 N–H and O–H groups in total. The molecule has 2 aromatic rings. The number of ether oxygens (including phenoxy) is 1. The first-order valence-corrected chi connectivity index (χ1v) is 7.47. The van der Waals surface area contributed by atoms with Crippen molar-refractivity contribution in [1.82, 2.24) is 0 Å². The molecular formula is C17H15ClN2O3. The van der Waals surface area contributed by atoms with Gasteiger partial charge in [-0.05, 0) is 23.8 Å². The first-order chi connectivity index (χ1) is 11.2. The summed E-state index contributed by atoms with van der Waals surface area (Å²) in [6.07, 6.45) is -0.257. The number of oxime groups is 1. The molecule has 1 aliphatic rings. The monoisotopic (exact) mass is 330 g/mol. The number of carbonyl (C=O) groups excluding carboxylic acids is 1. The normalized spacial score (nSPS) is 16.4. The van der Waals surface area contributed by atoms with Gasteiger partial charge in [-0.1, -0.05) is 47.1 Å². The van der Waals surface area contributed by atoms with Gasteiger partial charge >= 0.3 is 0 Å². The summed E-state index contributed by atoms with van der Waals surface area (Å²) in [6.45, 7) is 0. The van der Waals surface area contributed by atoms with E-state index in [1.807, 2.05) is 30.3 Å². The van der Waals surface area contributed by atoms with Crippen LogP contribution in [0.3, 0.4) is 0 Å². The van der Waals surface area contributed by atoms with E-state index in [-0.39, 0.29) is 5.91 Å². The van der Waals surface area contributed by atoms with E-state index in [1.54, 1.807) is 18.2 Å². The summed E-state index contributed by atoms with van der Waals surface area (Å²) < 4.78 is 5.21. The average Bonchev–Trinajstić information content (AvgIpc) is 3.06. The number of anilines is 1. The number of nitrogens with zero attached hydrogens (tertiary/aromatic N) is 1. The molecule has 6 heteroatoms. The van der Waals surface area contributed by atoms with E-state index < -0.39 is 6.10 Å². The molecule has 1 atom stereocenters. The van der Waals surface area contributed by atoms with Gasteiger partial charge in [0.1, 0.15) is 5.75 Å². The minimum atomic E-state index is -0.672. The molecule has 2 aromatic carbocycles. The van der Waals surface area contributed by atoms with Gasteiger partial charge in [0.05, 0.1) is 18.5 Å². The smallest absolute Gasteiger partial charge is 0.268 e. The fourth-order valence-corrected chi connectivity index (χ4v) is 2.48. The van der Waals surface area contributed by atoms with E-state index in [0.717, 1.165) is 11.3 Å². The number of hydrogen-bond acceptors (Lipinski definition) is 4. The molecule has 1 aliphatic heterocycles. The van der Waals surface area contributed by atoms with Gasteiger partial charge in [0.25, 0.3) is 5.91 Å². The van der Waals surface area contributed by atoms with Crippen LogP contribution in [-0.2, 0) is 9.63 Å². The second kappa shape index (κ2) is 6.71. The molecule has 0 fully saturated rings. The van der Waals surface area contributed by atoms with E-state index in [0.29, 0.717) is 22.9 Å². The summed E-state index contributed by atoms with van der Waals surface area (Å²) >= 11 is 5.96. The molecule has 0 saturated carbocycles. The Bertz CT molecular complexity index is 747. The van der Waals surface area contributed by atoms with Gasteiger partial charge in [-0.15, -0.1) is 0 Å².